The van der Waals surface area contributed by atoms with Crippen molar-refractivity contribution in [2.24, 2.45) is 5.92 Å². The van der Waals surface area contributed by atoms with Crippen LogP contribution in [-0.4, -0.2) is 42.3 Å². The number of carbonyl (C=O) groups is 2. The number of halogens is 12. The maximum Gasteiger partial charge on any atom is 0.435 e. The molecule has 1 aromatic heterocycles. The van der Waals surface area contributed by atoms with Gasteiger partial charge in [0.25, 0.3) is 11.8 Å². The van der Waals surface area contributed by atoms with Gasteiger partial charge in [-0.15, -0.1) is 0 Å². The van der Waals surface area contributed by atoms with E-state index in [1.54, 1.807) is 0 Å². The van der Waals surface area contributed by atoms with E-state index in [9.17, 15) is 49.1 Å². The summed E-state index contributed by atoms with van der Waals surface area (Å²) in [5.74, 6) is -4.93. The van der Waals surface area contributed by atoms with Crippen LogP contribution in [0.1, 0.15) is 39.1 Å². The Kier molecular flexibility index (Phi) is 9.64. The first-order valence-corrected chi connectivity index (χ1v) is 13.7. The lowest BCUT2D eigenvalue weighted by molar-refractivity contribution is -0.348. The molecule has 0 atom stereocenters. The summed E-state index contributed by atoms with van der Waals surface area (Å²) in [7, 11) is 0. The van der Waals surface area contributed by atoms with Gasteiger partial charge >= 0.3 is 24.6 Å². The van der Waals surface area contributed by atoms with Crippen LogP contribution in [0, 0.1) is 11.7 Å². The van der Waals surface area contributed by atoms with E-state index < -0.39 is 69.3 Å². The van der Waals surface area contributed by atoms with Crippen LogP contribution in [-0.2, 0) is 5.67 Å². The van der Waals surface area contributed by atoms with E-state index in [1.165, 1.54) is 24.3 Å². The molecule has 3 aromatic rings. The van der Waals surface area contributed by atoms with Crippen molar-refractivity contribution in [3.05, 3.63) is 80.8 Å². The summed E-state index contributed by atoms with van der Waals surface area (Å²) in [5.41, 5.74) is -10.4. The first-order chi connectivity index (χ1) is 20.8. The van der Waals surface area contributed by atoms with Crippen LogP contribution in [0.15, 0.2) is 53.1 Å². The number of hydrogen-bond acceptors (Lipinski definition) is 4. The summed E-state index contributed by atoms with van der Waals surface area (Å²) in [4.78, 5) is 31.3. The van der Waals surface area contributed by atoms with Gasteiger partial charge < -0.3 is 15.0 Å². The highest BCUT2D eigenvalue weighted by atomic mass is 79.9. The Bertz CT molecular complexity index is 1580. The number of rotatable bonds is 9. The fourth-order valence-electron chi connectivity index (χ4n) is 4.17. The monoisotopic (exact) mass is 735 g/mol. The molecule has 1 fully saturated rings. The van der Waals surface area contributed by atoms with E-state index in [2.05, 4.69) is 25.7 Å². The van der Waals surface area contributed by atoms with Crippen molar-refractivity contribution in [3.8, 4) is 5.75 Å². The normalized spacial score (nSPS) is 14.0. The molecule has 0 aliphatic heterocycles. The minimum atomic E-state index is -6.59. The molecule has 242 valence electrons. The number of carbonyl (C=O) groups excluding carboxylic acids is 2. The number of nitrogens with one attached hydrogen (secondary N) is 1. The highest BCUT2D eigenvalue weighted by Gasteiger charge is 2.73. The van der Waals surface area contributed by atoms with Gasteiger partial charge in [0.2, 0.25) is 0 Å². The van der Waals surface area contributed by atoms with Gasteiger partial charge in [-0.3, -0.25) is 9.59 Å². The third-order valence-corrected chi connectivity index (χ3v) is 7.41. The molecule has 4 rings (SSSR count). The van der Waals surface area contributed by atoms with E-state index in [1.807, 2.05) is 5.32 Å². The molecule has 2 aromatic carbocycles. The van der Waals surface area contributed by atoms with Crippen molar-refractivity contribution in [3.63, 3.8) is 0 Å². The highest BCUT2D eigenvalue weighted by molar-refractivity contribution is 9.10. The number of benzene rings is 2. The first-order valence-electron chi connectivity index (χ1n) is 12.5. The van der Waals surface area contributed by atoms with E-state index in [0.717, 1.165) is 30.0 Å². The smallest absolute Gasteiger partial charge is 0.433 e. The maximum atomic E-state index is 15.8. The summed E-state index contributed by atoms with van der Waals surface area (Å²) >= 11 is 8.31. The van der Waals surface area contributed by atoms with Gasteiger partial charge in [-0.2, -0.15) is 35.1 Å². The second-order valence-electron chi connectivity index (χ2n) is 9.69. The minimum absolute atomic E-state index is 0.00522. The van der Waals surface area contributed by atoms with E-state index >= 15 is 4.39 Å². The van der Waals surface area contributed by atoms with Crippen LogP contribution in [0.25, 0.3) is 0 Å². The molecule has 1 N–H and O–H groups in total. The van der Waals surface area contributed by atoms with Crippen molar-refractivity contribution < 1.29 is 58.2 Å². The summed E-state index contributed by atoms with van der Waals surface area (Å²) in [5, 5.41) is 1.96. The summed E-state index contributed by atoms with van der Waals surface area (Å²) in [6, 6.07) is 5.55. The highest BCUT2D eigenvalue weighted by Crippen LogP contribution is 2.55. The van der Waals surface area contributed by atoms with Crippen LogP contribution in [0.5, 0.6) is 5.75 Å². The molecule has 1 heterocycles. The molecule has 18 heteroatoms. The van der Waals surface area contributed by atoms with Crippen LogP contribution in [0.3, 0.4) is 0 Å². The fourth-order valence-corrected chi connectivity index (χ4v) is 4.82. The van der Waals surface area contributed by atoms with Crippen LogP contribution in [0.2, 0.25) is 5.15 Å². The predicted octanol–water partition coefficient (Wildman–Crippen LogP) is 8.84. The molecule has 2 amide bonds. The third-order valence-electron chi connectivity index (χ3n) is 6.56. The Morgan fingerprint density at radius 1 is 1.04 bits per heavy atom. The average Bonchev–Trinajstić information content (AvgIpc) is 3.76. The lowest BCUT2D eigenvalue weighted by Gasteiger charge is -2.31. The molecule has 45 heavy (non-hydrogen) atoms. The van der Waals surface area contributed by atoms with Crippen LogP contribution in [0.4, 0.5) is 55.3 Å². The zero-order valence-corrected chi connectivity index (χ0v) is 24.4. The van der Waals surface area contributed by atoms with Crippen molar-refractivity contribution >= 4 is 50.7 Å². The molecule has 0 radical (unpaired) electrons. The number of nitrogens with zero attached hydrogens (tertiary/aromatic N) is 2. The van der Waals surface area contributed by atoms with Crippen molar-refractivity contribution in [2.45, 2.75) is 37.5 Å². The predicted molar refractivity (Wildman–Crippen MR) is 144 cm³/mol. The fraction of sp³-hybridized carbons (Fsp3) is 0.296. The zero-order valence-electron chi connectivity index (χ0n) is 22.0. The lowest BCUT2D eigenvalue weighted by Crippen LogP contribution is -2.50. The number of alkyl halides is 9. The SMILES string of the molecule is O=C(Nc1c(Br)cc(C(F)(C(F)(F)F)C(F)(F)F)cc1OC(F)F)c1cccc(N(CC2CC2)C(=O)c2ccc(Cl)nc2)c1F. The second kappa shape index (κ2) is 12.7. The Hall–Kier alpha value is -3.60. The standard InChI is InChI=1S/C27H17BrClF10N3O3/c28-16-8-14(25(33,26(34,35)36)27(37,38)39)9-18(45-24(31)32)21(16)41-22(43)15-2-1-3-17(20(15)30)42(11-12-4-5-12)23(44)13-6-7-19(29)40-10-13/h1-3,6-10,12,24H,4-5,11H2,(H,41,43). The number of aromatic nitrogens is 1. The Morgan fingerprint density at radius 2 is 1.69 bits per heavy atom. The molecular weight excluding hydrogens is 720 g/mol. The summed E-state index contributed by atoms with van der Waals surface area (Å²) in [6.45, 7) is -3.83. The second-order valence-corrected chi connectivity index (χ2v) is 10.9. The number of ether oxygens (including phenoxy) is 1. The molecule has 1 aliphatic rings. The van der Waals surface area contributed by atoms with Gasteiger partial charge in [0, 0.05) is 22.8 Å². The Balaban J connectivity index is 1.74. The largest absolute Gasteiger partial charge is 0.435 e. The lowest BCUT2D eigenvalue weighted by atomic mass is 9.93. The van der Waals surface area contributed by atoms with E-state index in [-0.39, 0.29) is 41.0 Å². The maximum absolute atomic E-state index is 15.8. The molecule has 1 aliphatic carbocycles. The van der Waals surface area contributed by atoms with Gasteiger partial charge in [0.1, 0.15) is 5.15 Å². The Morgan fingerprint density at radius 3 is 2.22 bits per heavy atom. The van der Waals surface area contributed by atoms with Crippen molar-refractivity contribution in [1.29, 1.82) is 0 Å². The van der Waals surface area contributed by atoms with E-state index in [4.69, 9.17) is 11.6 Å². The van der Waals surface area contributed by atoms with Gasteiger partial charge in [-0.1, -0.05) is 17.7 Å². The van der Waals surface area contributed by atoms with Crippen molar-refractivity contribution in [1.82, 2.24) is 4.98 Å². The molecule has 6 nitrogen and oxygen atoms in total. The van der Waals surface area contributed by atoms with E-state index in [0.29, 0.717) is 0 Å². The molecular formula is C27H17BrClF10N3O3. The van der Waals surface area contributed by atoms with Crippen LogP contribution < -0.4 is 15.0 Å². The number of anilines is 2. The minimum Gasteiger partial charge on any atom is -0.433 e. The van der Waals surface area contributed by atoms with Gasteiger partial charge in [-0.25, -0.2) is 13.8 Å². The summed E-state index contributed by atoms with van der Waals surface area (Å²) < 4.78 is 140. The average molecular weight is 737 g/mol. The summed E-state index contributed by atoms with van der Waals surface area (Å²) in [6.07, 6.45) is -10.6. The molecule has 1 saturated carbocycles. The van der Waals surface area contributed by atoms with Crippen molar-refractivity contribution in [2.75, 3.05) is 16.8 Å². The first kappa shape index (κ1) is 34.3. The number of amides is 2. The zero-order chi connectivity index (χ0) is 33.5. The number of hydrogen-bond donors (Lipinski definition) is 1. The third kappa shape index (κ3) is 7.13. The molecule has 0 unspecified atom stereocenters. The molecule has 0 spiro atoms. The quantitative estimate of drug-likeness (QED) is 0.176. The number of pyridine rings is 1. The van der Waals surface area contributed by atoms with Crippen LogP contribution >= 0.6 is 27.5 Å². The Labute approximate surface area is 260 Å². The van der Waals surface area contributed by atoms with Gasteiger partial charge in [0.05, 0.1) is 22.5 Å². The topological polar surface area (TPSA) is 71.5 Å². The molecule has 0 bridgehead atoms. The van der Waals surface area contributed by atoms with Gasteiger partial charge in [0.15, 0.2) is 11.6 Å². The van der Waals surface area contributed by atoms with Gasteiger partial charge in [-0.05, 0) is 71.1 Å². The molecule has 0 saturated heterocycles.